The standard InChI is InChI=1S/C18H26ClNOS/c1-17(2,3)22(21)20-16-15-11-14(19)8-7-13(15)12-18(16)9-5-4-6-10-18/h7-8,11,16,20H,4-6,9-10,12H2,1-3H3. The molecule has 0 saturated heterocycles. The van der Waals surface area contributed by atoms with Crippen molar-refractivity contribution in [1.29, 1.82) is 0 Å². The van der Waals surface area contributed by atoms with Gasteiger partial charge in [0.25, 0.3) is 0 Å². The molecule has 0 radical (unpaired) electrons. The van der Waals surface area contributed by atoms with Gasteiger partial charge in [0.2, 0.25) is 0 Å². The summed E-state index contributed by atoms with van der Waals surface area (Å²) in [5, 5.41) is 0.778. The first kappa shape index (κ1) is 16.6. The van der Waals surface area contributed by atoms with Crippen LogP contribution in [0.15, 0.2) is 18.2 Å². The van der Waals surface area contributed by atoms with Crippen LogP contribution in [0.25, 0.3) is 0 Å². The van der Waals surface area contributed by atoms with Gasteiger partial charge in [-0.05, 0) is 68.7 Å². The summed E-state index contributed by atoms with van der Waals surface area (Å²) >= 11 is 5.18. The molecule has 1 N–H and O–H groups in total. The SMILES string of the molecule is CC(C)(C)[S+]([O-])NC1c2cc(Cl)ccc2CC12CCCCC2. The molecule has 0 amide bonds. The molecule has 0 aliphatic heterocycles. The van der Waals surface area contributed by atoms with Crippen LogP contribution in [0.4, 0.5) is 0 Å². The van der Waals surface area contributed by atoms with Crippen LogP contribution >= 0.6 is 11.6 Å². The van der Waals surface area contributed by atoms with Crippen LogP contribution < -0.4 is 4.72 Å². The summed E-state index contributed by atoms with van der Waals surface area (Å²) in [7, 11) is 0. The maximum Gasteiger partial charge on any atom is 0.136 e. The second-order valence-corrected chi connectivity index (χ2v) is 10.3. The van der Waals surface area contributed by atoms with E-state index in [1.807, 2.05) is 26.8 Å². The minimum atomic E-state index is -1.06. The molecule has 0 aromatic heterocycles. The average molecular weight is 340 g/mol. The molecule has 4 heteroatoms. The zero-order valence-electron chi connectivity index (χ0n) is 13.7. The van der Waals surface area contributed by atoms with Gasteiger partial charge in [-0.1, -0.05) is 36.9 Å². The van der Waals surface area contributed by atoms with Gasteiger partial charge in [-0.25, -0.2) is 0 Å². The molecule has 3 rings (SSSR count). The van der Waals surface area contributed by atoms with Crippen LogP contribution in [-0.2, 0) is 17.8 Å². The number of rotatable bonds is 2. The first-order chi connectivity index (χ1) is 10.3. The summed E-state index contributed by atoms with van der Waals surface area (Å²) in [6, 6.07) is 6.40. The van der Waals surface area contributed by atoms with Crippen LogP contribution in [0, 0.1) is 5.41 Å². The molecule has 2 aliphatic carbocycles. The van der Waals surface area contributed by atoms with E-state index in [1.165, 1.54) is 43.2 Å². The molecule has 2 unspecified atom stereocenters. The van der Waals surface area contributed by atoms with Gasteiger partial charge in [0.05, 0.1) is 6.04 Å². The molecule has 0 bridgehead atoms. The number of halogens is 1. The third-order valence-electron chi connectivity index (χ3n) is 5.20. The van der Waals surface area contributed by atoms with E-state index >= 15 is 0 Å². The molecule has 22 heavy (non-hydrogen) atoms. The van der Waals surface area contributed by atoms with Gasteiger partial charge >= 0.3 is 0 Å². The fourth-order valence-electron chi connectivity index (χ4n) is 4.00. The molecular weight excluding hydrogens is 314 g/mol. The third kappa shape index (κ3) is 3.06. The predicted octanol–water partition coefficient (Wildman–Crippen LogP) is 4.94. The number of nitrogens with one attached hydrogen (secondary N) is 1. The van der Waals surface area contributed by atoms with E-state index in [0.29, 0.717) is 0 Å². The quantitative estimate of drug-likeness (QED) is 0.774. The van der Waals surface area contributed by atoms with Crippen LogP contribution in [0.1, 0.15) is 70.0 Å². The number of hydrogen-bond donors (Lipinski definition) is 1. The molecule has 1 saturated carbocycles. The van der Waals surface area contributed by atoms with Crippen molar-refractivity contribution in [2.75, 3.05) is 0 Å². The topological polar surface area (TPSA) is 35.1 Å². The molecule has 1 fully saturated rings. The highest BCUT2D eigenvalue weighted by atomic mass is 35.5. The number of fused-ring (bicyclic) bond motifs is 1. The second-order valence-electron chi connectivity index (χ2n) is 7.87. The summed E-state index contributed by atoms with van der Waals surface area (Å²) in [6.45, 7) is 6.08. The summed E-state index contributed by atoms with van der Waals surface area (Å²) in [5.74, 6) is 0. The number of benzene rings is 1. The normalized spacial score (nSPS) is 25.2. The monoisotopic (exact) mass is 339 g/mol. The van der Waals surface area contributed by atoms with Crippen LogP contribution in [0.2, 0.25) is 5.02 Å². The van der Waals surface area contributed by atoms with Crippen molar-refractivity contribution in [3.63, 3.8) is 0 Å². The van der Waals surface area contributed by atoms with E-state index in [4.69, 9.17) is 11.6 Å². The van der Waals surface area contributed by atoms with Gasteiger partial charge < -0.3 is 4.55 Å². The van der Waals surface area contributed by atoms with E-state index in [1.54, 1.807) is 0 Å². The van der Waals surface area contributed by atoms with E-state index in [2.05, 4.69) is 16.9 Å². The Morgan fingerprint density at radius 3 is 2.55 bits per heavy atom. The maximum absolute atomic E-state index is 12.7. The Bertz CT molecular complexity index is 549. The zero-order valence-corrected chi connectivity index (χ0v) is 15.3. The summed E-state index contributed by atoms with van der Waals surface area (Å²) in [5.41, 5.74) is 2.88. The lowest BCUT2D eigenvalue weighted by Gasteiger charge is -2.40. The highest BCUT2D eigenvalue weighted by Crippen LogP contribution is 2.54. The highest BCUT2D eigenvalue weighted by molar-refractivity contribution is 7.90. The van der Waals surface area contributed by atoms with Gasteiger partial charge in [0, 0.05) is 16.4 Å². The van der Waals surface area contributed by atoms with Crippen molar-refractivity contribution in [1.82, 2.24) is 4.72 Å². The molecule has 0 heterocycles. The Labute approximate surface area is 142 Å². The van der Waals surface area contributed by atoms with E-state index in [-0.39, 0.29) is 16.2 Å². The maximum atomic E-state index is 12.7. The van der Waals surface area contributed by atoms with Gasteiger partial charge in [-0.3, -0.25) is 0 Å². The van der Waals surface area contributed by atoms with E-state index < -0.39 is 11.4 Å². The first-order valence-corrected chi connectivity index (χ1v) is 9.81. The molecular formula is C18H26ClNOS. The second kappa shape index (κ2) is 6.01. The first-order valence-electron chi connectivity index (χ1n) is 8.28. The fraction of sp³-hybridized carbons (Fsp3) is 0.667. The zero-order chi connectivity index (χ0) is 16.0. The Morgan fingerprint density at radius 2 is 1.91 bits per heavy atom. The Morgan fingerprint density at radius 1 is 1.23 bits per heavy atom. The minimum Gasteiger partial charge on any atom is -0.598 e. The van der Waals surface area contributed by atoms with Crippen molar-refractivity contribution in [2.45, 2.75) is 70.1 Å². The van der Waals surface area contributed by atoms with Crippen molar-refractivity contribution in [3.05, 3.63) is 34.3 Å². The van der Waals surface area contributed by atoms with Crippen molar-refractivity contribution >= 4 is 23.0 Å². The molecule has 2 aliphatic rings. The lowest BCUT2D eigenvalue weighted by Crippen LogP contribution is -2.46. The fourth-order valence-corrected chi connectivity index (χ4v) is 5.13. The van der Waals surface area contributed by atoms with Gasteiger partial charge in [0.1, 0.15) is 4.75 Å². The van der Waals surface area contributed by atoms with Crippen LogP contribution in [0.5, 0.6) is 0 Å². The molecule has 1 aromatic carbocycles. The van der Waals surface area contributed by atoms with Gasteiger partial charge in [-0.2, -0.15) is 0 Å². The van der Waals surface area contributed by atoms with Gasteiger partial charge in [0.15, 0.2) is 0 Å². The molecule has 122 valence electrons. The Balaban J connectivity index is 1.95. The minimum absolute atomic E-state index is 0.168. The smallest absolute Gasteiger partial charge is 0.136 e. The molecule has 1 spiro atoms. The third-order valence-corrected chi connectivity index (χ3v) is 7.00. The lowest BCUT2D eigenvalue weighted by molar-refractivity contribution is 0.152. The largest absolute Gasteiger partial charge is 0.598 e. The Hall–Kier alpha value is -0.220. The van der Waals surface area contributed by atoms with E-state index in [9.17, 15) is 4.55 Å². The number of hydrogen-bond acceptors (Lipinski definition) is 2. The molecule has 2 atom stereocenters. The van der Waals surface area contributed by atoms with Crippen LogP contribution in [-0.4, -0.2) is 9.30 Å². The molecule has 1 aromatic rings. The Kier molecular flexibility index (Phi) is 4.54. The van der Waals surface area contributed by atoms with Crippen molar-refractivity contribution in [3.8, 4) is 0 Å². The lowest BCUT2D eigenvalue weighted by atomic mass is 9.70. The van der Waals surface area contributed by atoms with Gasteiger partial charge in [-0.15, -0.1) is 4.72 Å². The average Bonchev–Trinajstić information content (AvgIpc) is 2.72. The van der Waals surface area contributed by atoms with Crippen molar-refractivity contribution in [2.24, 2.45) is 5.41 Å². The highest BCUT2D eigenvalue weighted by Gasteiger charge is 2.49. The van der Waals surface area contributed by atoms with Crippen LogP contribution in [0.3, 0.4) is 0 Å². The summed E-state index contributed by atoms with van der Waals surface area (Å²) < 4.78 is 15.9. The van der Waals surface area contributed by atoms with Crippen molar-refractivity contribution < 1.29 is 4.55 Å². The molecule has 2 nitrogen and oxygen atoms in total. The predicted molar refractivity (Wildman–Crippen MR) is 94.4 cm³/mol. The van der Waals surface area contributed by atoms with E-state index in [0.717, 1.165) is 11.4 Å². The summed E-state index contributed by atoms with van der Waals surface area (Å²) in [4.78, 5) is 0. The summed E-state index contributed by atoms with van der Waals surface area (Å²) in [6.07, 6.45) is 7.42.